The Bertz CT molecular complexity index is 1840. The molecule has 0 saturated carbocycles. The number of aliphatic hydroxyl groups excluding tert-OH is 1. The number of rotatable bonds is 77. The fraction of sp³-hybridized carbons (Fsp3) is 0.948. The Kier molecular flexibility index (Phi) is 68.7. The fourth-order valence-corrected chi connectivity index (χ4v) is 13.4. The van der Waals surface area contributed by atoms with E-state index in [1.807, 2.05) is 0 Å². The van der Waals surface area contributed by atoms with Gasteiger partial charge in [-0.2, -0.15) is 0 Å². The van der Waals surface area contributed by atoms with Crippen molar-refractivity contribution in [3.05, 3.63) is 0 Å². The van der Waals surface area contributed by atoms with Crippen LogP contribution < -0.4 is 0 Å². The van der Waals surface area contributed by atoms with Crippen molar-refractivity contribution in [2.24, 2.45) is 5.92 Å². The third-order valence-corrected chi connectivity index (χ3v) is 20.3. The standard InChI is InChI=1S/C77H150O17P2/c1-6-10-13-16-19-22-24-26-28-30-32-34-36-38-40-46-51-56-61-75(80)88-67-73(93-76(81)62-57-52-47-41-39-37-35-33-31-29-27-25-23-20-17-14-11-7-2)69-92-96(85,86)90-65-71(78)64-89-95(83,84)91-68-72(66-87-74(79)60-55-50-45-21-18-15-12-8-3)94-77(82)63-58-53-48-43-42-44-49-54-59-70(5)9-4/h70-73,78H,6-69H2,1-5H3,(H,83,84)(H,85,86)/t70?,71-,72+,73+/m0/s1. The average Bonchev–Trinajstić information content (AvgIpc) is 1.35. The van der Waals surface area contributed by atoms with Gasteiger partial charge in [-0.25, -0.2) is 9.13 Å². The average molecular weight is 1410 g/mol. The van der Waals surface area contributed by atoms with E-state index in [-0.39, 0.29) is 25.7 Å². The molecular formula is C77H150O17P2. The first kappa shape index (κ1) is 94.1. The van der Waals surface area contributed by atoms with Crippen LogP contribution in [0.4, 0.5) is 0 Å². The third kappa shape index (κ3) is 69.2. The van der Waals surface area contributed by atoms with Gasteiger partial charge in [0.15, 0.2) is 12.2 Å². The van der Waals surface area contributed by atoms with E-state index in [9.17, 15) is 43.2 Å². The van der Waals surface area contributed by atoms with Crippen LogP contribution in [0.1, 0.15) is 407 Å². The van der Waals surface area contributed by atoms with Crippen LogP contribution in [0.15, 0.2) is 0 Å². The zero-order valence-corrected chi connectivity index (χ0v) is 64.3. The van der Waals surface area contributed by atoms with Gasteiger partial charge in [-0.05, 0) is 31.6 Å². The second-order valence-electron chi connectivity index (χ2n) is 28.0. The molecule has 0 heterocycles. The zero-order valence-electron chi connectivity index (χ0n) is 62.5. The molecular weight excluding hydrogens is 1260 g/mol. The van der Waals surface area contributed by atoms with Gasteiger partial charge in [0, 0.05) is 25.7 Å². The molecule has 0 aromatic rings. The van der Waals surface area contributed by atoms with Crippen LogP contribution in [0.3, 0.4) is 0 Å². The summed E-state index contributed by atoms with van der Waals surface area (Å²) in [6.45, 7) is 7.27. The molecule has 0 amide bonds. The Hall–Kier alpha value is -1.94. The second kappa shape index (κ2) is 70.1. The highest BCUT2D eigenvalue weighted by Crippen LogP contribution is 2.45. The molecule has 0 aliphatic heterocycles. The van der Waals surface area contributed by atoms with Gasteiger partial charge in [-0.1, -0.05) is 356 Å². The Morgan fingerprint density at radius 3 is 0.740 bits per heavy atom. The van der Waals surface area contributed by atoms with Gasteiger partial charge >= 0.3 is 39.5 Å². The Labute approximate surface area is 588 Å². The lowest BCUT2D eigenvalue weighted by Crippen LogP contribution is -2.30. The molecule has 0 aliphatic carbocycles. The van der Waals surface area contributed by atoms with Crippen LogP contribution in [-0.4, -0.2) is 96.7 Å². The molecule has 0 aromatic carbocycles. The number of hydrogen-bond donors (Lipinski definition) is 3. The highest BCUT2D eigenvalue weighted by molar-refractivity contribution is 7.47. The number of esters is 4. The lowest BCUT2D eigenvalue weighted by atomic mass is 9.99. The summed E-state index contributed by atoms with van der Waals surface area (Å²) in [5.41, 5.74) is 0. The maximum absolute atomic E-state index is 13.1. The number of unbranched alkanes of at least 4 members (excludes halogenated alkanes) is 48. The normalized spacial score (nSPS) is 14.2. The number of aliphatic hydroxyl groups is 1. The fourth-order valence-electron chi connectivity index (χ4n) is 11.8. The maximum Gasteiger partial charge on any atom is 0.472 e. The number of ether oxygens (including phenoxy) is 4. The van der Waals surface area contributed by atoms with Crippen molar-refractivity contribution in [3.8, 4) is 0 Å². The number of hydrogen-bond acceptors (Lipinski definition) is 15. The molecule has 17 nitrogen and oxygen atoms in total. The van der Waals surface area contributed by atoms with Crippen LogP contribution in [0.25, 0.3) is 0 Å². The van der Waals surface area contributed by atoms with Crippen LogP contribution in [0.5, 0.6) is 0 Å². The van der Waals surface area contributed by atoms with Crippen molar-refractivity contribution in [1.29, 1.82) is 0 Å². The molecule has 0 aliphatic rings. The molecule has 6 atom stereocenters. The summed E-state index contributed by atoms with van der Waals surface area (Å²) in [6, 6.07) is 0. The lowest BCUT2D eigenvalue weighted by Gasteiger charge is -2.21. The smallest absolute Gasteiger partial charge is 0.462 e. The van der Waals surface area contributed by atoms with Crippen LogP contribution in [-0.2, 0) is 65.4 Å². The Morgan fingerprint density at radius 2 is 0.500 bits per heavy atom. The quantitative estimate of drug-likeness (QED) is 0.0222. The van der Waals surface area contributed by atoms with Crippen molar-refractivity contribution < 1.29 is 80.2 Å². The summed E-state index contributed by atoms with van der Waals surface area (Å²) in [4.78, 5) is 72.8. The zero-order chi connectivity index (χ0) is 70.5. The highest BCUT2D eigenvalue weighted by Gasteiger charge is 2.30. The van der Waals surface area contributed by atoms with Crippen molar-refractivity contribution in [2.45, 2.75) is 425 Å². The first-order chi connectivity index (χ1) is 46.6. The summed E-state index contributed by atoms with van der Waals surface area (Å²) in [7, 11) is -9.91. The predicted molar refractivity (Wildman–Crippen MR) is 391 cm³/mol. The summed E-state index contributed by atoms with van der Waals surface area (Å²) < 4.78 is 68.5. The SMILES string of the molecule is CCCCCCCCCCCCCCCCCCCCC(=O)OC[C@H](COP(=O)(O)OC[C@@H](O)COP(=O)(O)OC[C@@H](COC(=O)CCCCCCCCCC)OC(=O)CCCCCCCCCCC(C)CC)OC(=O)CCCCCCCCCCCCCCCCCCCC. The first-order valence-corrected chi connectivity index (χ1v) is 43.2. The van der Waals surface area contributed by atoms with Crippen LogP contribution in [0.2, 0.25) is 0 Å². The summed E-state index contributed by atoms with van der Waals surface area (Å²) in [6.07, 6.45) is 59.7. The monoisotopic (exact) mass is 1410 g/mol. The third-order valence-electron chi connectivity index (χ3n) is 18.4. The van der Waals surface area contributed by atoms with Gasteiger partial charge in [0.05, 0.1) is 26.4 Å². The lowest BCUT2D eigenvalue weighted by molar-refractivity contribution is -0.161. The van der Waals surface area contributed by atoms with Gasteiger partial charge in [0.25, 0.3) is 0 Å². The molecule has 96 heavy (non-hydrogen) atoms. The van der Waals surface area contributed by atoms with Crippen LogP contribution in [0, 0.1) is 5.92 Å². The number of phosphoric acid groups is 2. The van der Waals surface area contributed by atoms with Gasteiger partial charge in [0.2, 0.25) is 0 Å². The van der Waals surface area contributed by atoms with E-state index in [2.05, 4.69) is 34.6 Å². The van der Waals surface area contributed by atoms with E-state index >= 15 is 0 Å². The minimum atomic E-state index is -4.96. The van der Waals surface area contributed by atoms with E-state index in [1.54, 1.807) is 0 Å². The largest absolute Gasteiger partial charge is 0.472 e. The van der Waals surface area contributed by atoms with Crippen molar-refractivity contribution >= 4 is 39.5 Å². The van der Waals surface area contributed by atoms with Crippen molar-refractivity contribution in [1.82, 2.24) is 0 Å². The predicted octanol–water partition coefficient (Wildman–Crippen LogP) is 22.9. The molecule has 570 valence electrons. The minimum absolute atomic E-state index is 0.105. The molecule has 3 N–H and O–H groups in total. The number of carbonyl (C=O) groups is 4. The van der Waals surface area contributed by atoms with Crippen molar-refractivity contribution in [2.75, 3.05) is 39.6 Å². The highest BCUT2D eigenvalue weighted by atomic mass is 31.2. The Morgan fingerprint density at radius 1 is 0.292 bits per heavy atom. The van der Waals surface area contributed by atoms with Gasteiger partial charge in [-0.15, -0.1) is 0 Å². The van der Waals surface area contributed by atoms with E-state index in [4.69, 9.17) is 37.0 Å². The van der Waals surface area contributed by atoms with E-state index in [0.29, 0.717) is 25.7 Å². The van der Waals surface area contributed by atoms with Crippen LogP contribution >= 0.6 is 15.6 Å². The van der Waals surface area contributed by atoms with Gasteiger partial charge in [-0.3, -0.25) is 37.3 Å². The summed E-state index contributed by atoms with van der Waals surface area (Å²) >= 11 is 0. The number of carbonyl (C=O) groups excluding carboxylic acids is 4. The topological polar surface area (TPSA) is 237 Å². The molecule has 0 rings (SSSR count). The maximum atomic E-state index is 13.1. The van der Waals surface area contributed by atoms with Gasteiger partial charge < -0.3 is 33.8 Å². The molecule has 0 bridgehead atoms. The Balaban J connectivity index is 5.20. The van der Waals surface area contributed by atoms with E-state index in [1.165, 1.54) is 225 Å². The second-order valence-corrected chi connectivity index (χ2v) is 30.9. The number of phosphoric ester groups is 2. The van der Waals surface area contributed by atoms with Crippen molar-refractivity contribution in [3.63, 3.8) is 0 Å². The molecule has 0 fully saturated rings. The summed E-state index contributed by atoms with van der Waals surface area (Å²) in [5.74, 6) is -1.35. The molecule has 0 spiro atoms. The van der Waals surface area contributed by atoms with Gasteiger partial charge in [0.1, 0.15) is 19.3 Å². The molecule has 3 unspecified atom stereocenters. The van der Waals surface area contributed by atoms with E-state index in [0.717, 1.165) is 102 Å². The molecule has 0 aromatic heterocycles. The minimum Gasteiger partial charge on any atom is -0.462 e. The first-order valence-electron chi connectivity index (χ1n) is 40.2. The summed E-state index contributed by atoms with van der Waals surface area (Å²) in [5, 5.41) is 10.6. The molecule has 0 saturated heterocycles. The molecule has 19 heteroatoms. The van der Waals surface area contributed by atoms with E-state index < -0.39 is 97.5 Å². The molecule has 0 radical (unpaired) electrons.